The van der Waals surface area contributed by atoms with Crippen molar-refractivity contribution in [2.45, 2.75) is 19.3 Å². The van der Waals surface area contributed by atoms with E-state index in [-0.39, 0.29) is 5.41 Å². The largest absolute Gasteiger partial charge is 0.496 e. The first-order valence-corrected chi connectivity index (χ1v) is 5.60. The summed E-state index contributed by atoms with van der Waals surface area (Å²) in [6.07, 6.45) is 3.35. The molecule has 2 nitrogen and oxygen atoms in total. The minimum atomic E-state index is 0.290. The molecule has 0 heterocycles. The van der Waals surface area contributed by atoms with Crippen molar-refractivity contribution in [1.82, 2.24) is 0 Å². The Morgan fingerprint density at radius 1 is 1.47 bits per heavy atom. The van der Waals surface area contributed by atoms with Gasteiger partial charge in [-0.25, -0.2) is 0 Å². The molecule has 2 N–H and O–H groups in total. The van der Waals surface area contributed by atoms with Crippen LogP contribution >= 0.6 is 11.6 Å². The standard InChI is InChI=1S/C12H16ClNO/c1-15-11-4-2-3-10(13)9(11)7-12(8-14)5-6-12/h2-4H,5-8,14H2,1H3. The van der Waals surface area contributed by atoms with Gasteiger partial charge in [-0.2, -0.15) is 0 Å². The molecule has 2 rings (SSSR count). The van der Waals surface area contributed by atoms with Gasteiger partial charge < -0.3 is 10.5 Å². The van der Waals surface area contributed by atoms with Gasteiger partial charge in [0.1, 0.15) is 5.75 Å². The van der Waals surface area contributed by atoms with E-state index in [1.807, 2.05) is 18.2 Å². The molecule has 0 unspecified atom stereocenters. The molecule has 3 heteroatoms. The van der Waals surface area contributed by atoms with Crippen LogP contribution in [0.15, 0.2) is 18.2 Å². The van der Waals surface area contributed by atoms with Crippen molar-refractivity contribution in [3.05, 3.63) is 28.8 Å². The van der Waals surface area contributed by atoms with Crippen LogP contribution < -0.4 is 10.5 Å². The van der Waals surface area contributed by atoms with Gasteiger partial charge in [-0.3, -0.25) is 0 Å². The second-order valence-corrected chi connectivity index (χ2v) is 4.71. The van der Waals surface area contributed by atoms with Crippen LogP contribution in [0.4, 0.5) is 0 Å². The number of halogens is 1. The Kier molecular flexibility index (Phi) is 2.89. The van der Waals surface area contributed by atoms with Gasteiger partial charge in [0.05, 0.1) is 7.11 Å². The predicted molar refractivity (Wildman–Crippen MR) is 62.4 cm³/mol. The van der Waals surface area contributed by atoms with E-state index in [2.05, 4.69) is 0 Å². The molecular weight excluding hydrogens is 210 g/mol. The van der Waals surface area contributed by atoms with Crippen LogP contribution in [0.2, 0.25) is 5.02 Å². The number of rotatable bonds is 4. The van der Waals surface area contributed by atoms with Crippen LogP contribution in [0.5, 0.6) is 5.75 Å². The Labute approximate surface area is 95.4 Å². The molecule has 1 saturated carbocycles. The van der Waals surface area contributed by atoms with Gasteiger partial charge in [0.2, 0.25) is 0 Å². The first kappa shape index (κ1) is 10.8. The lowest BCUT2D eigenvalue weighted by Crippen LogP contribution is -2.18. The second kappa shape index (κ2) is 4.03. The fourth-order valence-electron chi connectivity index (χ4n) is 1.91. The molecule has 0 bridgehead atoms. The van der Waals surface area contributed by atoms with Gasteiger partial charge >= 0.3 is 0 Å². The van der Waals surface area contributed by atoms with E-state index in [9.17, 15) is 0 Å². The molecule has 15 heavy (non-hydrogen) atoms. The van der Waals surface area contributed by atoms with Gasteiger partial charge in [0, 0.05) is 10.6 Å². The van der Waals surface area contributed by atoms with Gasteiger partial charge in [-0.15, -0.1) is 0 Å². The quantitative estimate of drug-likeness (QED) is 0.855. The average Bonchev–Trinajstić information content (AvgIpc) is 3.02. The highest BCUT2D eigenvalue weighted by atomic mass is 35.5. The summed E-state index contributed by atoms with van der Waals surface area (Å²) in [5.74, 6) is 0.877. The van der Waals surface area contributed by atoms with Crippen LogP contribution in [0.3, 0.4) is 0 Å². The monoisotopic (exact) mass is 225 g/mol. The molecule has 1 fully saturated rings. The van der Waals surface area contributed by atoms with Crippen LogP contribution in [0, 0.1) is 5.41 Å². The van der Waals surface area contributed by atoms with E-state index in [0.717, 1.165) is 29.3 Å². The van der Waals surface area contributed by atoms with Crippen molar-refractivity contribution in [2.24, 2.45) is 11.1 Å². The van der Waals surface area contributed by atoms with Crippen molar-refractivity contribution in [2.75, 3.05) is 13.7 Å². The second-order valence-electron chi connectivity index (χ2n) is 4.30. The molecule has 0 aliphatic heterocycles. The molecule has 1 aromatic carbocycles. The Morgan fingerprint density at radius 2 is 2.20 bits per heavy atom. The summed E-state index contributed by atoms with van der Waals surface area (Å²) < 4.78 is 5.32. The maximum absolute atomic E-state index is 6.18. The summed E-state index contributed by atoms with van der Waals surface area (Å²) in [6.45, 7) is 0.737. The van der Waals surface area contributed by atoms with E-state index in [1.165, 1.54) is 12.8 Å². The number of nitrogens with two attached hydrogens (primary N) is 1. The highest BCUT2D eigenvalue weighted by Gasteiger charge is 2.42. The lowest BCUT2D eigenvalue weighted by molar-refractivity contribution is 0.402. The molecular formula is C12H16ClNO. The van der Waals surface area contributed by atoms with Crippen molar-refractivity contribution in [3.8, 4) is 5.75 Å². The number of methoxy groups -OCH3 is 1. The maximum atomic E-state index is 6.18. The van der Waals surface area contributed by atoms with Crippen LogP contribution in [-0.4, -0.2) is 13.7 Å². The minimum absolute atomic E-state index is 0.290. The summed E-state index contributed by atoms with van der Waals surface area (Å²) in [5.41, 5.74) is 7.17. The Morgan fingerprint density at radius 3 is 2.73 bits per heavy atom. The van der Waals surface area contributed by atoms with Gasteiger partial charge in [0.25, 0.3) is 0 Å². The molecule has 0 amide bonds. The Hall–Kier alpha value is -0.730. The van der Waals surface area contributed by atoms with E-state index in [4.69, 9.17) is 22.1 Å². The van der Waals surface area contributed by atoms with Crippen molar-refractivity contribution < 1.29 is 4.74 Å². The van der Waals surface area contributed by atoms with E-state index in [0.29, 0.717) is 0 Å². The lowest BCUT2D eigenvalue weighted by atomic mass is 9.96. The molecule has 0 spiro atoms. The topological polar surface area (TPSA) is 35.2 Å². The van der Waals surface area contributed by atoms with Gasteiger partial charge in [0.15, 0.2) is 0 Å². The molecule has 1 aliphatic rings. The van der Waals surface area contributed by atoms with E-state index < -0.39 is 0 Å². The fraction of sp³-hybridized carbons (Fsp3) is 0.500. The van der Waals surface area contributed by atoms with Crippen molar-refractivity contribution in [3.63, 3.8) is 0 Å². The highest BCUT2D eigenvalue weighted by molar-refractivity contribution is 6.31. The number of ether oxygens (including phenoxy) is 1. The van der Waals surface area contributed by atoms with Crippen molar-refractivity contribution in [1.29, 1.82) is 0 Å². The first-order chi connectivity index (χ1) is 7.21. The third kappa shape index (κ3) is 2.11. The number of hydrogen-bond acceptors (Lipinski definition) is 2. The third-order valence-electron chi connectivity index (χ3n) is 3.24. The smallest absolute Gasteiger partial charge is 0.123 e. The first-order valence-electron chi connectivity index (χ1n) is 5.22. The summed E-state index contributed by atoms with van der Waals surface area (Å²) in [4.78, 5) is 0. The van der Waals surface area contributed by atoms with E-state index >= 15 is 0 Å². The summed E-state index contributed by atoms with van der Waals surface area (Å²) in [7, 11) is 1.68. The molecule has 1 aliphatic carbocycles. The summed E-state index contributed by atoms with van der Waals surface area (Å²) in [6, 6.07) is 5.77. The molecule has 1 aromatic rings. The normalized spacial score (nSPS) is 17.5. The van der Waals surface area contributed by atoms with Crippen molar-refractivity contribution >= 4 is 11.6 Å². The SMILES string of the molecule is COc1cccc(Cl)c1CC1(CN)CC1. The summed E-state index contributed by atoms with van der Waals surface area (Å²) >= 11 is 6.18. The highest BCUT2D eigenvalue weighted by Crippen LogP contribution is 2.49. The molecule has 0 radical (unpaired) electrons. The molecule has 0 aromatic heterocycles. The molecule has 82 valence electrons. The summed E-state index contributed by atoms with van der Waals surface area (Å²) in [5, 5.41) is 0.786. The fourth-order valence-corrected chi connectivity index (χ4v) is 2.14. The number of benzene rings is 1. The molecule has 0 atom stereocenters. The predicted octanol–water partition coefficient (Wildman–Crippen LogP) is 2.63. The average molecular weight is 226 g/mol. The van der Waals surface area contributed by atoms with Crippen LogP contribution in [0.25, 0.3) is 0 Å². The lowest BCUT2D eigenvalue weighted by Gasteiger charge is -2.16. The zero-order chi connectivity index (χ0) is 10.9. The maximum Gasteiger partial charge on any atom is 0.123 e. The minimum Gasteiger partial charge on any atom is -0.496 e. The van der Waals surface area contributed by atoms with E-state index in [1.54, 1.807) is 7.11 Å². The Bertz CT molecular complexity index is 361. The zero-order valence-electron chi connectivity index (χ0n) is 8.92. The Balaban J connectivity index is 2.26. The number of hydrogen-bond donors (Lipinski definition) is 1. The third-order valence-corrected chi connectivity index (χ3v) is 3.59. The zero-order valence-corrected chi connectivity index (χ0v) is 9.68. The van der Waals surface area contributed by atoms with Gasteiger partial charge in [-0.05, 0) is 43.4 Å². The van der Waals surface area contributed by atoms with Gasteiger partial charge in [-0.1, -0.05) is 17.7 Å². The van der Waals surface area contributed by atoms with Crippen LogP contribution in [0.1, 0.15) is 18.4 Å². The molecule has 0 saturated heterocycles. The van der Waals surface area contributed by atoms with Crippen LogP contribution in [-0.2, 0) is 6.42 Å².